The van der Waals surface area contributed by atoms with Crippen LogP contribution < -0.4 is 10.6 Å². The van der Waals surface area contributed by atoms with Crippen molar-refractivity contribution in [2.75, 3.05) is 13.1 Å². The molecule has 4 rings (SSSR count). The largest absolute Gasteiger partial charge is 0.354 e. The lowest BCUT2D eigenvalue weighted by Crippen LogP contribution is -2.50. The predicted octanol–water partition coefficient (Wildman–Crippen LogP) is 2.81. The minimum absolute atomic E-state index is 0.00578. The van der Waals surface area contributed by atoms with Crippen molar-refractivity contribution in [2.45, 2.75) is 44.2 Å². The third kappa shape index (κ3) is 3.33. The van der Waals surface area contributed by atoms with Crippen molar-refractivity contribution in [2.24, 2.45) is 0 Å². The number of amides is 3. The first-order valence-corrected chi connectivity index (χ1v) is 9.74. The number of nitrogens with one attached hydrogen (secondary N) is 2. The van der Waals surface area contributed by atoms with E-state index < -0.39 is 6.04 Å². The third-order valence-electron chi connectivity index (χ3n) is 4.94. The van der Waals surface area contributed by atoms with Gasteiger partial charge in [-0.3, -0.25) is 4.79 Å². The van der Waals surface area contributed by atoms with Crippen molar-refractivity contribution in [3.8, 4) is 0 Å². The van der Waals surface area contributed by atoms with E-state index in [0.717, 1.165) is 40.9 Å². The molecule has 1 aromatic carbocycles. The van der Waals surface area contributed by atoms with Gasteiger partial charge in [0.05, 0.1) is 16.3 Å². The van der Waals surface area contributed by atoms with Crippen molar-refractivity contribution in [3.63, 3.8) is 0 Å². The number of carbonyl (C=O) groups is 2. The molecule has 2 fully saturated rings. The molecule has 2 aromatic rings. The van der Waals surface area contributed by atoms with Crippen LogP contribution in [0.1, 0.15) is 43.2 Å². The van der Waals surface area contributed by atoms with Gasteiger partial charge in [-0.25, -0.2) is 9.78 Å². The van der Waals surface area contributed by atoms with Gasteiger partial charge in [-0.05, 0) is 44.2 Å². The SMILES string of the molecule is O=C1NCCCC[C@H]1NC(=O)N1CCC[C@H]1c1nc2ccccc2s1. The lowest BCUT2D eigenvalue weighted by Gasteiger charge is -2.26. The van der Waals surface area contributed by atoms with E-state index in [1.807, 2.05) is 23.1 Å². The number of benzene rings is 1. The van der Waals surface area contributed by atoms with Gasteiger partial charge in [-0.1, -0.05) is 12.1 Å². The average molecular weight is 358 g/mol. The summed E-state index contributed by atoms with van der Waals surface area (Å²) in [7, 11) is 0. The lowest BCUT2D eigenvalue weighted by atomic mass is 10.1. The molecule has 1 aromatic heterocycles. The molecule has 2 aliphatic heterocycles. The Kier molecular flexibility index (Phi) is 4.57. The molecular formula is C18H22N4O2S. The number of hydrogen-bond acceptors (Lipinski definition) is 4. The van der Waals surface area contributed by atoms with Crippen LogP contribution >= 0.6 is 11.3 Å². The summed E-state index contributed by atoms with van der Waals surface area (Å²) in [6.07, 6.45) is 4.51. The molecule has 25 heavy (non-hydrogen) atoms. The van der Waals surface area contributed by atoms with E-state index in [1.54, 1.807) is 11.3 Å². The smallest absolute Gasteiger partial charge is 0.318 e. The Bertz CT molecular complexity index is 757. The number of para-hydroxylation sites is 1. The molecule has 0 saturated carbocycles. The Balaban J connectivity index is 1.50. The number of likely N-dealkylation sites (tertiary alicyclic amines) is 1. The van der Waals surface area contributed by atoms with E-state index in [2.05, 4.69) is 16.7 Å². The summed E-state index contributed by atoms with van der Waals surface area (Å²) in [5.74, 6) is -0.0680. The Labute approximate surface area is 150 Å². The van der Waals surface area contributed by atoms with Gasteiger partial charge in [0.1, 0.15) is 11.0 Å². The Morgan fingerprint density at radius 3 is 3.00 bits per heavy atom. The summed E-state index contributed by atoms with van der Waals surface area (Å²) in [6.45, 7) is 1.41. The van der Waals surface area contributed by atoms with Gasteiger partial charge in [0, 0.05) is 13.1 Å². The number of hydrogen-bond donors (Lipinski definition) is 2. The summed E-state index contributed by atoms with van der Waals surface area (Å²) in [5.41, 5.74) is 0.984. The van der Waals surface area contributed by atoms with Gasteiger partial charge < -0.3 is 15.5 Å². The number of aromatic nitrogens is 1. The van der Waals surface area contributed by atoms with Crippen LogP contribution in [0.3, 0.4) is 0 Å². The van der Waals surface area contributed by atoms with E-state index >= 15 is 0 Å². The molecule has 0 unspecified atom stereocenters. The van der Waals surface area contributed by atoms with Gasteiger partial charge in [0.15, 0.2) is 0 Å². The van der Waals surface area contributed by atoms with Crippen LogP contribution in [-0.2, 0) is 4.79 Å². The van der Waals surface area contributed by atoms with Crippen molar-refractivity contribution in [1.82, 2.24) is 20.5 Å². The second-order valence-electron chi connectivity index (χ2n) is 6.66. The van der Waals surface area contributed by atoms with Crippen LogP contribution in [0.15, 0.2) is 24.3 Å². The zero-order valence-corrected chi connectivity index (χ0v) is 14.8. The summed E-state index contributed by atoms with van der Waals surface area (Å²) < 4.78 is 1.15. The molecule has 7 heteroatoms. The van der Waals surface area contributed by atoms with E-state index in [1.165, 1.54) is 0 Å². The van der Waals surface area contributed by atoms with Gasteiger partial charge in [-0.2, -0.15) is 0 Å². The van der Waals surface area contributed by atoms with Crippen LogP contribution in [0, 0.1) is 0 Å². The van der Waals surface area contributed by atoms with Crippen LogP contribution in [0.2, 0.25) is 0 Å². The van der Waals surface area contributed by atoms with Crippen molar-refractivity contribution < 1.29 is 9.59 Å². The zero-order valence-electron chi connectivity index (χ0n) is 14.0. The van der Waals surface area contributed by atoms with Crippen molar-refractivity contribution in [3.05, 3.63) is 29.3 Å². The number of nitrogens with zero attached hydrogens (tertiary/aromatic N) is 2. The molecule has 0 spiro atoms. The van der Waals surface area contributed by atoms with E-state index in [4.69, 9.17) is 4.98 Å². The molecule has 2 aliphatic rings. The molecule has 0 bridgehead atoms. The van der Waals surface area contributed by atoms with E-state index in [0.29, 0.717) is 19.5 Å². The van der Waals surface area contributed by atoms with Crippen LogP contribution in [0.25, 0.3) is 10.2 Å². The zero-order chi connectivity index (χ0) is 17.2. The van der Waals surface area contributed by atoms with Gasteiger partial charge in [0.25, 0.3) is 0 Å². The van der Waals surface area contributed by atoms with Gasteiger partial charge in [0.2, 0.25) is 5.91 Å². The highest BCUT2D eigenvalue weighted by atomic mass is 32.1. The molecule has 2 saturated heterocycles. The molecule has 0 aliphatic carbocycles. The number of thiazole rings is 1. The topological polar surface area (TPSA) is 74.3 Å². The number of fused-ring (bicyclic) bond motifs is 1. The molecule has 2 atom stereocenters. The Morgan fingerprint density at radius 1 is 1.24 bits per heavy atom. The minimum Gasteiger partial charge on any atom is -0.354 e. The highest BCUT2D eigenvalue weighted by molar-refractivity contribution is 7.18. The Morgan fingerprint density at radius 2 is 2.12 bits per heavy atom. The molecule has 3 amide bonds. The Hall–Kier alpha value is -2.15. The van der Waals surface area contributed by atoms with Gasteiger partial charge in [-0.15, -0.1) is 11.3 Å². The molecule has 0 radical (unpaired) electrons. The third-order valence-corrected chi connectivity index (χ3v) is 6.08. The van der Waals surface area contributed by atoms with Crippen molar-refractivity contribution >= 4 is 33.5 Å². The molecular weight excluding hydrogens is 336 g/mol. The maximum atomic E-state index is 12.8. The highest BCUT2D eigenvalue weighted by Gasteiger charge is 2.34. The maximum absolute atomic E-state index is 12.8. The predicted molar refractivity (Wildman–Crippen MR) is 97.5 cm³/mol. The summed E-state index contributed by atoms with van der Waals surface area (Å²) in [5, 5.41) is 6.79. The summed E-state index contributed by atoms with van der Waals surface area (Å²) in [4.78, 5) is 31.4. The standard InChI is InChI=1S/C18H22N4O2S/c23-16-13(7-3-4-10-19-16)21-18(24)22-11-5-8-14(22)17-20-12-6-1-2-9-15(12)25-17/h1-2,6,9,13-14H,3-5,7-8,10-11H2,(H,19,23)(H,21,24)/t13-,14+/m1/s1. The molecule has 2 N–H and O–H groups in total. The fraction of sp³-hybridized carbons (Fsp3) is 0.500. The number of carbonyl (C=O) groups excluding carboxylic acids is 2. The molecule has 132 valence electrons. The number of urea groups is 1. The first-order valence-electron chi connectivity index (χ1n) is 8.93. The number of rotatable bonds is 2. The quantitative estimate of drug-likeness (QED) is 0.867. The normalized spacial score (nSPS) is 24.2. The van der Waals surface area contributed by atoms with E-state index in [-0.39, 0.29) is 18.0 Å². The van der Waals surface area contributed by atoms with Crippen LogP contribution in [0.5, 0.6) is 0 Å². The summed E-state index contributed by atoms with van der Waals surface area (Å²) in [6, 6.07) is 7.49. The first-order chi connectivity index (χ1) is 12.2. The van der Waals surface area contributed by atoms with Crippen molar-refractivity contribution in [1.29, 1.82) is 0 Å². The minimum atomic E-state index is -0.424. The van der Waals surface area contributed by atoms with Gasteiger partial charge >= 0.3 is 6.03 Å². The monoisotopic (exact) mass is 358 g/mol. The van der Waals surface area contributed by atoms with E-state index in [9.17, 15) is 9.59 Å². The fourth-order valence-electron chi connectivity index (χ4n) is 3.61. The maximum Gasteiger partial charge on any atom is 0.318 e. The average Bonchev–Trinajstić information content (AvgIpc) is 3.21. The first kappa shape index (κ1) is 16.3. The highest BCUT2D eigenvalue weighted by Crippen LogP contribution is 2.36. The summed E-state index contributed by atoms with van der Waals surface area (Å²) >= 11 is 1.65. The fourth-order valence-corrected chi connectivity index (χ4v) is 4.72. The molecule has 6 nitrogen and oxygen atoms in total. The molecule has 3 heterocycles. The van der Waals surface area contributed by atoms with Crippen LogP contribution in [-0.4, -0.2) is 41.0 Å². The second-order valence-corrected chi connectivity index (χ2v) is 7.72. The van der Waals surface area contributed by atoms with Crippen LogP contribution in [0.4, 0.5) is 4.79 Å². The second kappa shape index (κ2) is 7.00. The lowest BCUT2D eigenvalue weighted by molar-refractivity contribution is -0.122.